The highest BCUT2D eigenvalue weighted by Gasteiger charge is 2.52. The molecule has 2 aliphatic carbocycles. The fourth-order valence-corrected chi connectivity index (χ4v) is 7.07. The largest absolute Gasteiger partial charge is 0.352 e. The third-order valence-electron chi connectivity index (χ3n) is 6.88. The van der Waals surface area contributed by atoms with E-state index in [4.69, 9.17) is 11.6 Å². The van der Waals surface area contributed by atoms with Gasteiger partial charge in [-0.15, -0.1) is 0 Å². The number of fused-ring (bicyclic) bond motifs is 1. The summed E-state index contributed by atoms with van der Waals surface area (Å²) in [6.45, 7) is 1.84. The molecule has 5 heteroatoms. The maximum Gasteiger partial charge on any atom is 0.241 e. The minimum Gasteiger partial charge on any atom is -0.352 e. The van der Waals surface area contributed by atoms with Gasteiger partial charge < -0.3 is 5.32 Å². The minimum atomic E-state index is -0.351. The SMILES string of the molecule is O=C(NC1CCCCC1)[C@@]12CCCC[C@H]1SCCCN2Cc1ccc(Cl)cc1. The van der Waals surface area contributed by atoms with E-state index in [9.17, 15) is 4.79 Å². The summed E-state index contributed by atoms with van der Waals surface area (Å²) in [6.07, 6.45) is 11.9. The smallest absolute Gasteiger partial charge is 0.241 e. The molecule has 154 valence electrons. The topological polar surface area (TPSA) is 32.3 Å². The summed E-state index contributed by atoms with van der Waals surface area (Å²) in [5, 5.41) is 4.71. The Balaban J connectivity index is 1.60. The molecule has 1 aromatic carbocycles. The van der Waals surface area contributed by atoms with Crippen LogP contribution >= 0.6 is 23.4 Å². The lowest BCUT2D eigenvalue weighted by Crippen LogP contribution is -2.65. The summed E-state index contributed by atoms with van der Waals surface area (Å²) in [6, 6.07) is 8.55. The second-order valence-corrected chi connectivity index (χ2v) is 10.5. The van der Waals surface area contributed by atoms with Gasteiger partial charge in [0.15, 0.2) is 0 Å². The Morgan fingerprint density at radius 3 is 2.61 bits per heavy atom. The first-order chi connectivity index (χ1) is 13.7. The third-order valence-corrected chi connectivity index (χ3v) is 8.69. The Morgan fingerprint density at radius 2 is 1.82 bits per heavy atom. The summed E-state index contributed by atoms with van der Waals surface area (Å²) in [7, 11) is 0. The normalized spacial score (nSPS) is 29.7. The molecule has 1 aromatic rings. The maximum atomic E-state index is 13.8. The fraction of sp³-hybridized carbons (Fsp3) is 0.696. The number of thioether (sulfide) groups is 1. The zero-order valence-electron chi connectivity index (χ0n) is 16.8. The predicted molar refractivity (Wildman–Crippen MR) is 119 cm³/mol. The first-order valence-electron chi connectivity index (χ1n) is 11.1. The average Bonchev–Trinajstić information content (AvgIpc) is 2.91. The van der Waals surface area contributed by atoms with Crippen molar-refractivity contribution in [2.45, 2.75) is 87.6 Å². The molecule has 4 rings (SSSR count). The molecule has 1 N–H and O–H groups in total. The molecule has 3 nitrogen and oxygen atoms in total. The molecule has 28 heavy (non-hydrogen) atoms. The molecule has 0 radical (unpaired) electrons. The van der Waals surface area contributed by atoms with Gasteiger partial charge in [-0.1, -0.05) is 55.8 Å². The van der Waals surface area contributed by atoms with Crippen LogP contribution in [0.2, 0.25) is 5.02 Å². The number of hydrogen-bond acceptors (Lipinski definition) is 3. The van der Waals surface area contributed by atoms with E-state index in [1.54, 1.807) is 0 Å². The quantitative estimate of drug-likeness (QED) is 0.706. The van der Waals surface area contributed by atoms with Crippen molar-refractivity contribution in [1.29, 1.82) is 0 Å². The molecule has 0 bridgehead atoms. The Hall–Kier alpha value is -0.710. The van der Waals surface area contributed by atoms with E-state index in [0.29, 0.717) is 17.2 Å². The van der Waals surface area contributed by atoms with Gasteiger partial charge in [0.25, 0.3) is 0 Å². The Labute approximate surface area is 179 Å². The highest BCUT2D eigenvalue weighted by molar-refractivity contribution is 8.00. The Bertz CT molecular complexity index is 661. The summed E-state index contributed by atoms with van der Waals surface area (Å²) >= 11 is 8.15. The van der Waals surface area contributed by atoms with Gasteiger partial charge >= 0.3 is 0 Å². The van der Waals surface area contributed by atoms with Crippen LogP contribution in [0.15, 0.2) is 24.3 Å². The number of halogens is 1. The van der Waals surface area contributed by atoms with Gasteiger partial charge in [-0.25, -0.2) is 0 Å². The Kier molecular flexibility index (Phi) is 6.90. The van der Waals surface area contributed by atoms with E-state index in [2.05, 4.69) is 34.1 Å². The van der Waals surface area contributed by atoms with Crippen LogP contribution in [0.1, 0.15) is 69.8 Å². The maximum absolute atomic E-state index is 13.8. The molecule has 1 amide bonds. The van der Waals surface area contributed by atoms with Crippen LogP contribution in [0.5, 0.6) is 0 Å². The van der Waals surface area contributed by atoms with E-state index in [1.807, 2.05) is 12.1 Å². The number of nitrogens with one attached hydrogen (secondary N) is 1. The number of amides is 1. The number of nitrogens with zero attached hydrogens (tertiary/aromatic N) is 1. The summed E-state index contributed by atoms with van der Waals surface area (Å²) in [4.78, 5) is 16.4. The van der Waals surface area contributed by atoms with Crippen LogP contribution in [-0.4, -0.2) is 39.9 Å². The van der Waals surface area contributed by atoms with Gasteiger partial charge in [0.05, 0.1) is 0 Å². The number of carbonyl (C=O) groups is 1. The van der Waals surface area contributed by atoms with Gasteiger partial charge in [-0.3, -0.25) is 9.69 Å². The standard InChI is InChI=1S/C23H33ClN2OS/c24-19-12-10-18(11-13-19)17-26-15-6-16-28-21-9-4-5-14-23(21,26)22(27)25-20-7-2-1-3-8-20/h10-13,20-21H,1-9,14-17H2,(H,25,27)/t21-,23-/m1/s1. The number of benzene rings is 1. The number of rotatable bonds is 4. The van der Waals surface area contributed by atoms with Crippen LogP contribution in [0.3, 0.4) is 0 Å². The molecule has 1 aliphatic heterocycles. The van der Waals surface area contributed by atoms with Crippen LogP contribution in [-0.2, 0) is 11.3 Å². The van der Waals surface area contributed by atoms with Gasteiger partial charge in [0, 0.05) is 29.4 Å². The number of carbonyl (C=O) groups excluding carboxylic acids is 1. The monoisotopic (exact) mass is 420 g/mol. The summed E-state index contributed by atoms with van der Waals surface area (Å²) in [5.41, 5.74) is 0.904. The average molecular weight is 421 g/mol. The molecule has 2 saturated carbocycles. The van der Waals surface area contributed by atoms with Gasteiger partial charge in [-0.2, -0.15) is 11.8 Å². The van der Waals surface area contributed by atoms with Crippen LogP contribution in [0.4, 0.5) is 0 Å². The van der Waals surface area contributed by atoms with E-state index in [0.717, 1.165) is 50.2 Å². The second kappa shape index (κ2) is 9.40. The Morgan fingerprint density at radius 1 is 1.07 bits per heavy atom. The van der Waals surface area contributed by atoms with E-state index in [-0.39, 0.29) is 5.54 Å². The highest BCUT2D eigenvalue weighted by Crippen LogP contribution is 2.44. The third kappa shape index (κ3) is 4.39. The molecular formula is C23H33ClN2OS. The van der Waals surface area contributed by atoms with Crippen molar-refractivity contribution in [2.75, 3.05) is 12.3 Å². The van der Waals surface area contributed by atoms with Crippen molar-refractivity contribution >= 4 is 29.3 Å². The zero-order valence-corrected chi connectivity index (χ0v) is 18.4. The molecule has 2 atom stereocenters. The molecular weight excluding hydrogens is 388 g/mol. The van der Waals surface area contributed by atoms with Gasteiger partial charge in [-0.05, 0) is 55.6 Å². The lowest BCUT2D eigenvalue weighted by Gasteiger charge is -2.49. The number of hydrogen-bond donors (Lipinski definition) is 1. The first-order valence-corrected chi connectivity index (χ1v) is 12.5. The van der Waals surface area contributed by atoms with Crippen LogP contribution < -0.4 is 5.32 Å². The fourth-order valence-electron chi connectivity index (χ4n) is 5.38. The van der Waals surface area contributed by atoms with E-state index >= 15 is 0 Å². The molecule has 3 aliphatic rings. The minimum absolute atomic E-state index is 0.312. The van der Waals surface area contributed by atoms with Gasteiger partial charge in [0.2, 0.25) is 5.91 Å². The predicted octanol–water partition coefficient (Wildman–Crippen LogP) is 5.41. The van der Waals surface area contributed by atoms with Crippen LogP contribution in [0, 0.1) is 0 Å². The van der Waals surface area contributed by atoms with E-state index in [1.165, 1.54) is 43.4 Å². The summed E-state index contributed by atoms with van der Waals surface area (Å²) < 4.78 is 0. The van der Waals surface area contributed by atoms with Gasteiger partial charge in [0.1, 0.15) is 5.54 Å². The molecule has 3 fully saturated rings. The second-order valence-electron chi connectivity index (χ2n) is 8.74. The molecule has 0 unspecified atom stereocenters. The van der Waals surface area contributed by atoms with Crippen molar-refractivity contribution in [1.82, 2.24) is 10.2 Å². The lowest BCUT2D eigenvalue weighted by molar-refractivity contribution is -0.137. The molecule has 1 heterocycles. The zero-order chi connectivity index (χ0) is 19.4. The van der Waals surface area contributed by atoms with Crippen molar-refractivity contribution in [3.8, 4) is 0 Å². The van der Waals surface area contributed by atoms with E-state index < -0.39 is 0 Å². The van der Waals surface area contributed by atoms with Crippen molar-refractivity contribution in [2.24, 2.45) is 0 Å². The first kappa shape index (κ1) is 20.6. The molecule has 1 saturated heterocycles. The van der Waals surface area contributed by atoms with Crippen molar-refractivity contribution in [3.63, 3.8) is 0 Å². The van der Waals surface area contributed by atoms with Crippen LogP contribution in [0.25, 0.3) is 0 Å². The van der Waals surface area contributed by atoms with Crippen molar-refractivity contribution in [3.05, 3.63) is 34.9 Å². The highest BCUT2D eigenvalue weighted by atomic mass is 35.5. The summed E-state index contributed by atoms with van der Waals surface area (Å²) in [5.74, 6) is 1.48. The van der Waals surface area contributed by atoms with Crippen molar-refractivity contribution < 1.29 is 4.79 Å². The molecule has 0 spiro atoms. The lowest BCUT2D eigenvalue weighted by atomic mass is 9.78. The molecule has 0 aromatic heterocycles.